The highest BCUT2D eigenvalue weighted by Crippen LogP contribution is 2.44. The van der Waals surface area contributed by atoms with Crippen LogP contribution in [0.1, 0.15) is 55.2 Å². The predicted octanol–water partition coefficient (Wildman–Crippen LogP) is 2.54. The van der Waals surface area contributed by atoms with Crippen LogP contribution in [0.5, 0.6) is 5.75 Å². The number of piperidine rings is 1. The Morgan fingerprint density at radius 1 is 1.18 bits per heavy atom. The molecule has 33 heavy (non-hydrogen) atoms. The molecule has 8 nitrogen and oxygen atoms in total. The highest BCUT2D eigenvalue weighted by molar-refractivity contribution is 6.31. The van der Waals surface area contributed by atoms with Crippen LogP contribution in [0.25, 0.3) is 0 Å². The van der Waals surface area contributed by atoms with Gasteiger partial charge in [-0.15, -0.1) is 0 Å². The minimum Gasteiger partial charge on any atom is -0.508 e. The lowest BCUT2D eigenvalue weighted by Gasteiger charge is -2.36. The summed E-state index contributed by atoms with van der Waals surface area (Å²) >= 11 is 6.44. The molecule has 3 rings (SSSR count). The summed E-state index contributed by atoms with van der Waals surface area (Å²) in [7, 11) is 0. The zero-order chi connectivity index (χ0) is 24.9. The molecule has 1 aliphatic carbocycles. The highest BCUT2D eigenvalue weighted by Gasteiger charge is 2.38. The van der Waals surface area contributed by atoms with Gasteiger partial charge in [0.15, 0.2) is 6.10 Å². The zero-order valence-electron chi connectivity index (χ0n) is 17.8. The van der Waals surface area contributed by atoms with Crippen molar-refractivity contribution in [2.45, 2.75) is 56.3 Å². The number of nitrogens with zero attached hydrogens (tertiary/aromatic N) is 1. The van der Waals surface area contributed by atoms with Crippen LogP contribution in [0.15, 0.2) is 12.1 Å². The molecule has 2 fully saturated rings. The second kappa shape index (κ2) is 11.4. The molecule has 6 N–H and O–H groups in total. The van der Waals surface area contributed by atoms with Crippen molar-refractivity contribution >= 4 is 23.5 Å². The van der Waals surface area contributed by atoms with Gasteiger partial charge >= 0.3 is 12.1 Å². The molecule has 0 unspecified atom stereocenters. The number of rotatable bonds is 5. The van der Waals surface area contributed by atoms with E-state index in [1.165, 1.54) is 6.42 Å². The lowest BCUT2D eigenvalue weighted by molar-refractivity contribution is -0.192. The molecule has 12 heteroatoms. The molecule has 0 aromatic heterocycles. The Bertz CT molecular complexity index is 842. The van der Waals surface area contributed by atoms with E-state index in [1.807, 2.05) is 0 Å². The summed E-state index contributed by atoms with van der Waals surface area (Å²) in [5, 5.41) is 36.6. The van der Waals surface area contributed by atoms with Gasteiger partial charge in [0.05, 0.1) is 6.61 Å². The second-order valence-electron chi connectivity index (χ2n) is 8.25. The van der Waals surface area contributed by atoms with E-state index in [2.05, 4.69) is 0 Å². The number of aromatic hydroxyl groups is 1. The van der Waals surface area contributed by atoms with Crippen LogP contribution < -0.4 is 5.73 Å². The molecule has 2 atom stereocenters. The molecule has 1 amide bonds. The molecule has 1 saturated heterocycles. The first-order chi connectivity index (χ1) is 15.4. The number of phenols is 1. The first kappa shape index (κ1) is 27.2. The third kappa shape index (κ3) is 6.95. The maximum Gasteiger partial charge on any atom is 0.490 e. The third-order valence-corrected chi connectivity index (χ3v) is 6.44. The predicted molar refractivity (Wildman–Crippen MR) is 113 cm³/mol. The standard InChI is InChI=1S/C19H27ClN2O4.C2HF3O2/c20-15-8-14(16(24)9-13(15)11-2-1-3-11)18(21)12-4-6-22(7-5-12)19(26)17(25)10-23;3-2(4,5)1(6)7/h8-9,11-12,17-18,23-25H,1-7,10,21H2;(H,6,7)/t17-,18-;/m1./s1. The number of phenolic OH excluding ortho intramolecular Hbond substituents is 1. The van der Waals surface area contributed by atoms with Crippen LogP contribution in [-0.4, -0.2) is 69.2 Å². The maximum absolute atomic E-state index is 11.9. The van der Waals surface area contributed by atoms with Crippen LogP contribution in [-0.2, 0) is 9.59 Å². The van der Waals surface area contributed by atoms with E-state index in [9.17, 15) is 28.2 Å². The Balaban J connectivity index is 0.000000479. The second-order valence-corrected chi connectivity index (χ2v) is 8.66. The fourth-order valence-electron chi connectivity index (χ4n) is 3.91. The van der Waals surface area contributed by atoms with Gasteiger partial charge in [0.1, 0.15) is 5.75 Å². The van der Waals surface area contributed by atoms with Gasteiger partial charge in [-0.05, 0) is 55.2 Å². The number of likely N-dealkylation sites (tertiary alicyclic amines) is 1. The smallest absolute Gasteiger partial charge is 0.490 e. The molecule has 0 radical (unpaired) electrons. The molecule has 2 aliphatic rings. The third-order valence-electron chi connectivity index (χ3n) is 6.11. The summed E-state index contributed by atoms with van der Waals surface area (Å²) in [4.78, 5) is 22.4. The van der Waals surface area contributed by atoms with E-state index in [0.717, 1.165) is 18.4 Å². The van der Waals surface area contributed by atoms with E-state index in [0.29, 0.717) is 42.4 Å². The number of halogens is 4. The Hall–Kier alpha value is -2.08. The van der Waals surface area contributed by atoms with Gasteiger partial charge in [-0.1, -0.05) is 18.0 Å². The first-order valence-corrected chi connectivity index (χ1v) is 10.9. The average Bonchev–Trinajstić information content (AvgIpc) is 2.73. The molecule has 1 aromatic rings. The summed E-state index contributed by atoms with van der Waals surface area (Å²) < 4.78 is 31.7. The molecule has 1 aromatic carbocycles. The Kier molecular flexibility index (Phi) is 9.36. The summed E-state index contributed by atoms with van der Waals surface area (Å²) in [5.41, 5.74) is 8.06. The number of aliphatic carboxylic acids is 1. The quantitative estimate of drug-likeness (QED) is 0.421. The van der Waals surface area contributed by atoms with Crippen molar-refractivity contribution in [3.63, 3.8) is 0 Å². The average molecular weight is 497 g/mol. The fraction of sp³-hybridized carbons (Fsp3) is 0.619. The number of carbonyl (C=O) groups is 2. The Labute approximate surface area is 193 Å². The first-order valence-electron chi connectivity index (χ1n) is 10.5. The van der Waals surface area contributed by atoms with E-state index in [1.54, 1.807) is 17.0 Å². The summed E-state index contributed by atoms with van der Waals surface area (Å²) in [6.07, 6.45) is -1.68. The van der Waals surface area contributed by atoms with Crippen molar-refractivity contribution in [3.8, 4) is 5.75 Å². The lowest BCUT2D eigenvalue weighted by Crippen LogP contribution is -2.46. The van der Waals surface area contributed by atoms with Gasteiger partial charge in [-0.2, -0.15) is 13.2 Å². The minimum atomic E-state index is -5.08. The van der Waals surface area contributed by atoms with Crippen LogP contribution in [0, 0.1) is 5.92 Å². The van der Waals surface area contributed by atoms with Crippen molar-refractivity contribution in [2.24, 2.45) is 11.7 Å². The highest BCUT2D eigenvalue weighted by atomic mass is 35.5. The molecule has 1 heterocycles. The molecule has 186 valence electrons. The Morgan fingerprint density at radius 3 is 2.15 bits per heavy atom. The fourth-order valence-corrected chi connectivity index (χ4v) is 4.24. The molecule has 0 spiro atoms. The van der Waals surface area contributed by atoms with Crippen LogP contribution in [0.2, 0.25) is 5.02 Å². The molecular formula is C21H28ClF3N2O6. The maximum atomic E-state index is 11.9. The summed E-state index contributed by atoms with van der Waals surface area (Å²) in [5.74, 6) is -2.46. The van der Waals surface area contributed by atoms with Crippen molar-refractivity contribution in [2.75, 3.05) is 19.7 Å². The van der Waals surface area contributed by atoms with E-state index in [-0.39, 0.29) is 17.7 Å². The van der Waals surface area contributed by atoms with E-state index < -0.39 is 30.8 Å². The van der Waals surface area contributed by atoms with Gasteiger partial charge in [-0.3, -0.25) is 4.79 Å². The van der Waals surface area contributed by atoms with Crippen molar-refractivity contribution in [1.29, 1.82) is 0 Å². The van der Waals surface area contributed by atoms with Crippen molar-refractivity contribution in [1.82, 2.24) is 4.90 Å². The van der Waals surface area contributed by atoms with Crippen LogP contribution in [0.3, 0.4) is 0 Å². The Morgan fingerprint density at radius 2 is 1.73 bits per heavy atom. The number of benzene rings is 1. The number of hydrogen-bond donors (Lipinski definition) is 5. The SMILES string of the molecule is N[C@@H](c1cc(Cl)c(C2CCC2)cc1O)C1CCN(C(=O)[C@H](O)CO)CC1.O=C(O)C(F)(F)F. The van der Waals surface area contributed by atoms with Gasteiger partial charge in [0.25, 0.3) is 5.91 Å². The number of alkyl halides is 3. The van der Waals surface area contributed by atoms with Gasteiger partial charge in [-0.25, -0.2) is 4.79 Å². The molecular weight excluding hydrogens is 469 g/mol. The molecule has 1 aliphatic heterocycles. The van der Waals surface area contributed by atoms with Gasteiger partial charge < -0.3 is 31.1 Å². The number of carbonyl (C=O) groups excluding carboxylic acids is 1. The number of carboxylic acids is 1. The lowest BCUT2D eigenvalue weighted by atomic mass is 9.78. The molecule has 1 saturated carbocycles. The van der Waals surface area contributed by atoms with E-state index in [4.69, 9.17) is 32.3 Å². The topological polar surface area (TPSA) is 144 Å². The number of nitrogens with two attached hydrogens (primary N) is 1. The van der Waals surface area contributed by atoms with Crippen LogP contribution >= 0.6 is 11.6 Å². The monoisotopic (exact) mass is 496 g/mol. The van der Waals surface area contributed by atoms with Crippen molar-refractivity contribution < 1.29 is 43.2 Å². The largest absolute Gasteiger partial charge is 0.508 e. The number of carboxylic acid groups (broad SMARTS) is 1. The summed E-state index contributed by atoms with van der Waals surface area (Å²) in [6.45, 7) is 0.379. The number of amides is 1. The normalized spacial score (nSPS) is 19.2. The van der Waals surface area contributed by atoms with Gasteiger partial charge in [0.2, 0.25) is 0 Å². The summed E-state index contributed by atoms with van der Waals surface area (Å²) in [6, 6.07) is 3.20. The number of aliphatic hydroxyl groups is 2. The minimum absolute atomic E-state index is 0.113. The molecule has 0 bridgehead atoms. The van der Waals surface area contributed by atoms with Gasteiger partial charge in [0, 0.05) is 29.7 Å². The number of hydrogen-bond acceptors (Lipinski definition) is 6. The zero-order valence-corrected chi connectivity index (χ0v) is 18.5. The van der Waals surface area contributed by atoms with Crippen molar-refractivity contribution in [3.05, 3.63) is 28.3 Å². The van der Waals surface area contributed by atoms with Crippen LogP contribution in [0.4, 0.5) is 13.2 Å². The number of aliphatic hydroxyl groups excluding tert-OH is 2. The van der Waals surface area contributed by atoms with E-state index >= 15 is 0 Å².